The highest BCUT2D eigenvalue weighted by atomic mass is 14.7. The molecule has 0 aromatic heterocycles. The largest absolute Gasteiger partial charge is 0.215 e. The van der Waals surface area contributed by atoms with Crippen molar-refractivity contribution >= 4 is 11.9 Å². The smallest absolute Gasteiger partial charge is 0.203 e. The molecule has 19 heavy (non-hydrogen) atoms. The Morgan fingerprint density at radius 1 is 0.895 bits per heavy atom. The minimum absolute atomic E-state index is 0.932. The van der Waals surface area contributed by atoms with Crippen LogP contribution in [0.3, 0.4) is 0 Å². The lowest BCUT2D eigenvalue weighted by atomic mass is 10.2. The molecule has 94 valence electrons. The van der Waals surface area contributed by atoms with Crippen LogP contribution in [0.4, 0.5) is 5.69 Å². The van der Waals surface area contributed by atoms with E-state index in [1.165, 1.54) is 0 Å². The van der Waals surface area contributed by atoms with E-state index in [4.69, 9.17) is 0 Å². The third-order valence-electron chi connectivity index (χ3n) is 2.70. The molecule has 0 aliphatic rings. The van der Waals surface area contributed by atoms with Gasteiger partial charge in [0, 0.05) is 30.5 Å². The molecule has 0 spiro atoms. The van der Waals surface area contributed by atoms with Gasteiger partial charge in [-0.3, -0.25) is 0 Å². The van der Waals surface area contributed by atoms with Crippen LogP contribution in [0.15, 0.2) is 60.7 Å². The summed E-state index contributed by atoms with van der Waals surface area (Å²) >= 11 is 0. The Balaban J connectivity index is 1.68. The van der Waals surface area contributed by atoms with Gasteiger partial charge < -0.3 is 0 Å². The SMILES string of the molecule is C(#Cc1ccccc1)CCCC=[NH+]c1ccccc1. The summed E-state index contributed by atoms with van der Waals surface area (Å²) in [6.45, 7) is 0. The average Bonchev–Trinajstić information content (AvgIpc) is 2.48. The molecule has 2 aromatic rings. The number of hydrogen-bond acceptors (Lipinski definition) is 0. The maximum absolute atomic E-state index is 3.28. The number of para-hydroxylation sites is 1. The highest BCUT2D eigenvalue weighted by Gasteiger charge is 1.90. The minimum Gasteiger partial charge on any atom is -0.215 e. The van der Waals surface area contributed by atoms with Crippen molar-refractivity contribution in [2.45, 2.75) is 19.3 Å². The molecule has 0 radical (unpaired) electrons. The molecule has 1 N–H and O–H groups in total. The second-order valence-corrected chi connectivity index (χ2v) is 4.27. The zero-order chi connectivity index (χ0) is 13.2. The molecule has 0 fully saturated rings. The van der Waals surface area contributed by atoms with Gasteiger partial charge in [0.25, 0.3) is 0 Å². The van der Waals surface area contributed by atoms with Gasteiger partial charge in [0.15, 0.2) is 0 Å². The summed E-state index contributed by atoms with van der Waals surface area (Å²) in [5.74, 6) is 6.37. The molecule has 0 aliphatic carbocycles. The molecular formula is C18H18N+. The summed E-state index contributed by atoms with van der Waals surface area (Å²) in [5, 5.41) is 0. The third-order valence-corrected chi connectivity index (χ3v) is 2.70. The first-order valence-electron chi connectivity index (χ1n) is 6.62. The maximum Gasteiger partial charge on any atom is 0.203 e. The molecule has 0 saturated heterocycles. The molecule has 0 saturated carbocycles. The van der Waals surface area contributed by atoms with Crippen molar-refractivity contribution in [2.24, 2.45) is 0 Å². The van der Waals surface area contributed by atoms with E-state index in [1.54, 1.807) is 0 Å². The molecule has 0 heterocycles. The molecule has 0 atom stereocenters. The number of rotatable bonds is 4. The quantitative estimate of drug-likeness (QED) is 0.486. The summed E-state index contributed by atoms with van der Waals surface area (Å²) in [4.78, 5) is 3.28. The number of hydrogen-bond donors (Lipinski definition) is 1. The summed E-state index contributed by atoms with van der Waals surface area (Å²) in [6, 6.07) is 20.3. The highest BCUT2D eigenvalue weighted by molar-refractivity contribution is 5.52. The molecule has 0 unspecified atom stereocenters. The molecular weight excluding hydrogens is 230 g/mol. The molecule has 0 aliphatic heterocycles. The van der Waals surface area contributed by atoms with Crippen LogP contribution in [0.2, 0.25) is 0 Å². The van der Waals surface area contributed by atoms with Gasteiger partial charge in [0.2, 0.25) is 5.69 Å². The highest BCUT2D eigenvalue weighted by Crippen LogP contribution is 1.97. The van der Waals surface area contributed by atoms with Crippen LogP contribution in [-0.2, 0) is 0 Å². The Morgan fingerprint density at radius 2 is 1.58 bits per heavy atom. The topological polar surface area (TPSA) is 14.0 Å². The lowest BCUT2D eigenvalue weighted by Gasteiger charge is -1.88. The average molecular weight is 248 g/mol. The van der Waals surface area contributed by atoms with Gasteiger partial charge in [-0.2, -0.15) is 0 Å². The van der Waals surface area contributed by atoms with E-state index in [-0.39, 0.29) is 0 Å². The van der Waals surface area contributed by atoms with Crippen LogP contribution < -0.4 is 4.99 Å². The van der Waals surface area contributed by atoms with Crippen molar-refractivity contribution in [1.29, 1.82) is 0 Å². The number of benzene rings is 2. The first-order chi connectivity index (χ1) is 9.45. The van der Waals surface area contributed by atoms with Gasteiger partial charge >= 0.3 is 0 Å². The first kappa shape index (κ1) is 13.1. The Morgan fingerprint density at radius 3 is 2.32 bits per heavy atom. The van der Waals surface area contributed by atoms with E-state index in [2.05, 4.69) is 35.2 Å². The van der Waals surface area contributed by atoms with E-state index < -0.39 is 0 Å². The van der Waals surface area contributed by atoms with Crippen LogP contribution in [-0.4, -0.2) is 6.21 Å². The lowest BCUT2D eigenvalue weighted by molar-refractivity contribution is -0.349. The van der Waals surface area contributed by atoms with Gasteiger partial charge in [-0.05, 0) is 18.6 Å². The lowest BCUT2D eigenvalue weighted by Crippen LogP contribution is -2.61. The zero-order valence-electron chi connectivity index (χ0n) is 11.0. The van der Waals surface area contributed by atoms with Gasteiger partial charge in [-0.15, -0.1) is 0 Å². The molecule has 1 heteroatoms. The normalized spacial score (nSPS) is 10.1. The third kappa shape index (κ3) is 5.23. The van der Waals surface area contributed by atoms with E-state index >= 15 is 0 Å². The molecule has 2 aromatic carbocycles. The predicted molar refractivity (Wildman–Crippen MR) is 80.3 cm³/mol. The summed E-state index contributed by atoms with van der Waals surface area (Å²) in [6.07, 6.45) is 5.14. The Kier molecular flexibility index (Phi) is 5.45. The van der Waals surface area contributed by atoms with E-state index in [0.717, 1.165) is 30.5 Å². The Hall–Kier alpha value is -2.33. The van der Waals surface area contributed by atoms with Crippen LogP contribution in [0.1, 0.15) is 24.8 Å². The van der Waals surface area contributed by atoms with Gasteiger partial charge in [0.05, 0.1) is 0 Å². The second kappa shape index (κ2) is 7.89. The van der Waals surface area contributed by atoms with E-state index in [1.807, 2.05) is 48.5 Å². The second-order valence-electron chi connectivity index (χ2n) is 4.27. The van der Waals surface area contributed by atoms with Crippen molar-refractivity contribution in [3.05, 3.63) is 66.2 Å². The first-order valence-corrected chi connectivity index (χ1v) is 6.62. The standard InChI is InChI=1S/C18H17N/c1(5-11-17-12-6-3-7-13-17)2-10-16-19-18-14-8-4-9-15-18/h3-4,6-9,12-16H,1-2,10H2/p+1. The van der Waals surface area contributed by atoms with Crippen LogP contribution in [0.25, 0.3) is 0 Å². The van der Waals surface area contributed by atoms with Gasteiger partial charge in [0.1, 0.15) is 6.21 Å². The number of nitrogens with one attached hydrogen (secondary N) is 1. The number of unbranched alkanes of at least 4 members (excludes halogenated alkanes) is 2. The molecule has 0 bridgehead atoms. The monoisotopic (exact) mass is 248 g/mol. The van der Waals surface area contributed by atoms with Gasteiger partial charge in [-0.1, -0.05) is 48.2 Å². The molecule has 2 rings (SSSR count). The Labute approximate surface area is 115 Å². The summed E-state index contributed by atoms with van der Waals surface area (Å²) in [7, 11) is 0. The fraction of sp³-hybridized carbons (Fsp3) is 0.167. The maximum atomic E-state index is 3.28. The van der Waals surface area contributed by atoms with Crippen LogP contribution in [0, 0.1) is 11.8 Å². The van der Waals surface area contributed by atoms with E-state index in [0.29, 0.717) is 0 Å². The predicted octanol–water partition coefficient (Wildman–Crippen LogP) is 2.69. The molecule has 0 amide bonds. The van der Waals surface area contributed by atoms with Crippen molar-refractivity contribution in [2.75, 3.05) is 0 Å². The van der Waals surface area contributed by atoms with Crippen molar-refractivity contribution in [3.63, 3.8) is 0 Å². The van der Waals surface area contributed by atoms with Crippen LogP contribution in [0.5, 0.6) is 0 Å². The van der Waals surface area contributed by atoms with Crippen LogP contribution >= 0.6 is 0 Å². The van der Waals surface area contributed by atoms with E-state index in [9.17, 15) is 0 Å². The summed E-state index contributed by atoms with van der Waals surface area (Å²) in [5.41, 5.74) is 2.23. The summed E-state index contributed by atoms with van der Waals surface area (Å²) < 4.78 is 0. The van der Waals surface area contributed by atoms with Crippen molar-refractivity contribution < 1.29 is 4.99 Å². The Bertz CT molecular complexity index is 559. The fourth-order valence-corrected chi connectivity index (χ4v) is 1.70. The van der Waals surface area contributed by atoms with Crippen molar-refractivity contribution in [1.82, 2.24) is 0 Å². The van der Waals surface area contributed by atoms with Gasteiger partial charge in [-0.25, -0.2) is 4.99 Å². The van der Waals surface area contributed by atoms with Crippen molar-refractivity contribution in [3.8, 4) is 11.8 Å². The fourth-order valence-electron chi connectivity index (χ4n) is 1.70. The zero-order valence-corrected chi connectivity index (χ0v) is 11.0. The molecule has 1 nitrogen and oxygen atoms in total. The minimum atomic E-state index is 0.932.